The summed E-state index contributed by atoms with van der Waals surface area (Å²) in [7, 11) is 0. The van der Waals surface area contributed by atoms with Gasteiger partial charge >= 0.3 is 6.03 Å². The highest BCUT2D eigenvalue weighted by Gasteiger charge is 2.26. The van der Waals surface area contributed by atoms with Crippen LogP contribution in [0.3, 0.4) is 0 Å². The average molecular weight is 314 g/mol. The number of amides is 3. The first-order valence-electron chi connectivity index (χ1n) is 7.88. The predicted molar refractivity (Wildman–Crippen MR) is 86.5 cm³/mol. The van der Waals surface area contributed by atoms with Crippen molar-refractivity contribution in [1.82, 2.24) is 15.5 Å². The van der Waals surface area contributed by atoms with Gasteiger partial charge < -0.3 is 15.5 Å². The van der Waals surface area contributed by atoms with Crippen molar-refractivity contribution in [3.05, 3.63) is 35.4 Å². The Hall–Kier alpha value is -2.55. The zero-order valence-corrected chi connectivity index (χ0v) is 13.5. The summed E-state index contributed by atoms with van der Waals surface area (Å²) in [6, 6.07) is 8.80. The van der Waals surface area contributed by atoms with Crippen molar-refractivity contribution in [2.24, 2.45) is 0 Å². The number of urea groups is 1. The molecule has 0 bridgehead atoms. The van der Waals surface area contributed by atoms with Crippen LogP contribution in [0.2, 0.25) is 0 Å². The maximum atomic E-state index is 12.1. The maximum Gasteiger partial charge on any atom is 0.315 e. The van der Waals surface area contributed by atoms with Crippen LogP contribution in [0.4, 0.5) is 4.79 Å². The van der Waals surface area contributed by atoms with Gasteiger partial charge in [-0.2, -0.15) is 5.26 Å². The normalized spacial score (nSPS) is 18.1. The van der Waals surface area contributed by atoms with Crippen molar-refractivity contribution < 1.29 is 9.59 Å². The van der Waals surface area contributed by atoms with E-state index in [1.165, 1.54) is 0 Å². The topological polar surface area (TPSA) is 85.2 Å². The molecule has 0 spiro atoms. The molecular weight excluding hydrogens is 292 g/mol. The van der Waals surface area contributed by atoms with Crippen LogP contribution in [0.15, 0.2) is 24.3 Å². The summed E-state index contributed by atoms with van der Waals surface area (Å²) in [6.45, 7) is 4.97. The molecule has 122 valence electrons. The third-order valence-corrected chi connectivity index (χ3v) is 4.04. The molecule has 6 heteroatoms. The Balaban J connectivity index is 1.85. The van der Waals surface area contributed by atoms with Crippen molar-refractivity contribution >= 4 is 11.9 Å². The average Bonchev–Trinajstić information content (AvgIpc) is 3.02. The van der Waals surface area contributed by atoms with E-state index in [4.69, 9.17) is 5.26 Å². The number of likely N-dealkylation sites (tertiary alicyclic amines) is 1. The van der Waals surface area contributed by atoms with E-state index in [1.54, 1.807) is 23.1 Å². The van der Waals surface area contributed by atoms with Gasteiger partial charge in [-0.05, 0) is 31.0 Å². The second kappa shape index (κ2) is 7.63. The lowest BCUT2D eigenvalue weighted by molar-refractivity contribution is -0.129. The quantitative estimate of drug-likeness (QED) is 0.890. The smallest absolute Gasteiger partial charge is 0.315 e. The van der Waals surface area contributed by atoms with Gasteiger partial charge in [-0.3, -0.25) is 4.79 Å². The van der Waals surface area contributed by atoms with Gasteiger partial charge in [0.2, 0.25) is 5.91 Å². The minimum absolute atomic E-state index is 0.0110. The van der Waals surface area contributed by atoms with Gasteiger partial charge in [0.1, 0.15) is 0 Å². The van der Waals surface area contributed by atoms with E-state index >= 15 is 0 Å². The van der Waals surface area contributed by atoms with Crippen molar-refractivity contribution in [2.75, 3.05) is 13.1 Å². The maximum absolute atomic E-state index is 12.1. The van der Waals surface area contributed by atoms with Crippen molar-refractivity contribution in [2.45, 2.75) is 38.8 Å². The molecule has 3 amide bonds. The molecule has 1 aliphatic heterocycles. The van der Waals surface area contributed by atoms with E-state index in [0.29, 0.717) is 25.1 Å². The first-order valence-corrected chi connectivity index (χ1v) is 7.88. The van der Waals surface area contributed by atoms with Crippen molar-refractivity contribution in [3.8, 4) is 6.07 Å². The van der Waals surface area contributed by atoms with Crippen LogP contribution < -0.4 is 10.6 Å². The molecule has 2 atom stereocenters. The summed E-state index contributed by atoms with van der Waals surface area (Å²) < 4.78 is 0. The molecule has 6 nitrogen and oxygen atoms in total. The Bertz CT molecular complexity index is 623. The van der Waals surface area contributed by atoms with Gasteiger partial charge in [-0.15, -0.1) is 0 Å². The van der Waals surface area contributed by atoms with E-state index in [9.17, 15) is 9.59 Å². The second-order valence-electron chi connectivity index (χ2n) is 5.76. The van der Waals surface area contributed by atoms with Gasteiger partial charge in [0, 0.05) is 25.6 Å². The van der Waals surface area contributed by atoms with Crippen molar-refractivity contribution in [1.29, 1.82) is 5.26 Å². The van der Waals surface area contributed by atoms with Gasteiger partial charge in [-0.25, -0.2) is 4.79 Å². The Kier molecular flexibility index (Phi) is 5.58. The van der Waals surface area contributed by atoms with E-state index in [0.717, 1.165) is 12.0 Å². The molecule has 0 unspecified atom stereocenters. The predicted octanol–water partition coefficient (Wildman–Crippen LogP) is 1.93. The zero-order chi connectivity index (χ0) is 16.8. The fraction of sp³-hybridized carbons (Fsp3) is 0.471. The standard InChI is InChI=1S/C17H22N4O2/c1-3-16(22)21-8-7-15(11-21)20-17(23)19-12(2)14-6-4-5-13(9-14)10-18/h4-6,9,12,15H,3,7-8,11H2,1-2H3,(H2,19,20,23)/t12-,15-/m1/s1. The van der Waals surface area contributed by atoms with E-state index in [1.807, 2.05) is 19.9 Å². The number of benzene rings is 1. The molecule has 1 fully saturated rings. The van der Waals surface area contributed by atoms with Crippen LogP contribution in [-0.4, -0.2) is 36.0 Å². The molecule has 2 N–H and O–H groups in total. The number of carbonyl (C=O) groups is 2. The summed E-state index contributed by atoms with van der Waals surface area (Å²) in [4.78, 5) is 25.5. The van der Waals surface area contributed by atoms with E-state index in [-0.39, 0.29) is 24.0 Å². The van der Waals surface area contributed by atoms with Crippen molar-refractivity contribution in [3.63, 3.8) is 0 Å². The molecule has 0 radical (unpaired) electrons. The number of nitrogens with zero attached hydrogens (tertiary/aromatic N) is 2. The first kappa shape index (κ1) is 16.8. The SMILES string of the molecule is CCC(=O)N1CC[C@@H](NC(=O)N[C@H](C)c2cccc(C#N)c2)C1. The molecular formula is C17H22N4O2. The van der Waals surface area contributed by atoms with Gasteiger partial charge in [0.05, 0.1) is 17.7 Å². The number of rotatable bonds is 4. The van der Waals surface area contributed by atoms with Crippen LogP contribution >= 0.6 is 0 Å². The van der Waals surface area contributed by atoms with Crippen LogP contribution in [0.5, 0.6) is 0 Å². The highest BCUT2D eigenvalue weighted by atomic mass is 16.2. The van der Waals surface area contributed by atoms with Gasteiger partial charge in [0.15, 0.2) is 0 Å². The highest BCUT2D eigenvalue weighted by molar-refractivity contribution is 5.77. The van der Waals surface area contributed by atoms with Crippen LogP contribution in [0, 0.1) is 11.3 Å². The molecule has 1 heterocycles. The zero-order valence-electron chi connectivity index (χ0n) is 13.5. The van der Waals surface area contributed by atoms with E-state index in [2.05, 4.69) is 16.7 Å². The third kappa shape index (κ3) is 4.46. The molecule has 1 aromatic carbocycles. The minimum Gasteiger partial charge on any atom is -0.341 e. The highest BCUT2D eigenvalue weighted by Crippen LogP contribution is 2.14. The number of nitriles is 1. The molecule has 0 saturated carbocycles. The Morgan fingerprint density at radius 1 is 1.48 bits per heavy atom. The largest absolute Gasteiger partial charge is 0.341 e. The number of carbonyl (C=O) groups excluding carboxylic acids is 2. The van der Waals surface area contributed by atoms with Gasteiger partial charge in [0.25, 0.3) is 0 Å². The molecule has 1 aromatic rings. The minimum atomic E-state index is -0.254. The lowest BCUT2D eigenvalue weighted by Gasteiger charge is -2.19. The fourth-order valence-corrected chi connectivity index (χ4v) is 2.71. The van der Waals surface area contributed by atoms with Crippen LogP contribution in [0.1, 0.15) is 43.9 Å². The molecule has 0 aliphatic carbocycles. The summed E-state index contributed by atoms with van der Waals surface area (Å²) in [5.74, 6) is 0.122. The first-order chi connectivity index (χ1) is 11.0. The monoisotopic (exact) mass is 314 g/mol. The molecule has 1 aliphatic rings. The summed E-state index contributed by atoms with van der Waals surface area (Å²) in [5, 5.41) is 14.7. The Labute approximate surface area is 136 Å². The summed E-state index contributed by atoms with van der Waals surface area (Å²) >= 11 is 0. The number of hydrogen-bond acceptors (Lipinski definition) is 3. The van der Waals surface area contributed by atoms with E-state index < -0.39 is 0 Å². The molecule has 0 aromatic heterocycles. The Morgan fingerprint density at radius 2 is 2.26 bits per heavy atom. The summed E-state index contributed by atoms with van der Waals surface area (Å²) in [6.07, 6.45) is 1.27. The third-order valence-electron chi connectivity index (χ3n) is 4.04. The molecule has 23 heavy (non-hydrogen) atoms. The Morgan fingerprint density at radius 3 is 2.96 bits per heavy atom. The second-order valence-corrected chi connectivity index (χ2v) is 5.76. The van der Waals surface area contributed by atoms with Crippen LogP contribution in [0.25, 0.3) is 0 Å². The fourth-order valence-electron chi connectivity index (χ4n) is 2.71. The lowest BCUT2D eigenvalue weighted by atomic mass is 10.1. The number of nitrogens with one attached hydrogen (secondary N) is 2. The number of hydrogen-bond donors (Lipinski definition) is 2. The molecule has 1 saturated heterocycles. The lowest BCUT2D eigenvalue weighted by Crippen LogP contribution is -2.44. The van der Waals surface area contributed by atoms with Gasteiger partial charge in [-0.1, -0.05) is 19.1 Å². The van der Waals surface area contributed by atoms with Crippen LogP contribution in [-0.2, 0) is 4.79 Å². The summed E-state index contributed by atoms with van der Waals surface area (Å²) in [5.41, 5.74) is 1.45. The molecule has 2 rings (SSSR count).